The molecule has 0 radical (unpaired) electrons. The van der Waals surface area contributed by atoms with Gasteiger partial charge in [0.1, 0.15) is 0 Å². The fourth-order valence-electron chi connectivity index (χ4n) is 2.19. The summed E-state index contributed by atoms with van der Waals surface area (Å²) in [6.07, 6.45) is 9.23. The monoisotopic (exact) mass is 288 g/mol. The molecule has 0 rings (SSSR count). The molecule has 0 aliphatic rings. The van der Waals surface area contributed by atoms with E-state index in [-0.39, 0.29) is 0 Å². The van der Waals surface area contributed by atoms with E-state index in [1.54, 1.807) is 7.11 Å². The van der Waals surface area contributed by atoms with Crippen molar-refractivity contribution in [3.8, 4) is 0 Å². The molecule has 0 aliphatic carbocycles. The summed E-state index contributed by atoms with van der Waals surface area (Å²) in [5.74, 6) is 0. The molecule has 0 aromatic heterocycles. The molecule has 0 heterocycles. The minimum Gasteiger partial charge on any atom is -0.382 e. The van der Waals surface area contributed by atoms with Crippen molar-refractivity contribution in [2.24, 2.45) is 5.41 Å². The quantitative estimate of drug-likeness (QED) is 0.417. The average Bonchev–Trinajstić information content (AvgIpc) is 2.46. The third-order valence-electron chi connectivity index (χ3n) is 3.99. The largest absolute Gasteiger partial charge is 0.382 e. The first-order valence-electron chi connectivity index (χ1n) is 8.33. The standard InChI is InChI=1S/C17H36O3/c1-5-7-8-9-10-11-17(3,6-2)16-20-15-14-19-13-12-18-4/h5-16H2,1-4H3. The van der Waals surface area contributed by atoms with Gasteiger partial charge < -0.3 is 14.2 Å². The highest BCUT2D eigenvalue weighted by Crippen LogP contribution is 2.29. The minimum atomic E-state index is 0.332. The van der Waals surface area contributed by atoms with Gasteiger partial charge in [0.15, 0.2) is 0 Å². The van der Waals surface area contributed by atoms with Crippen molar-refractivity contribution < 1.29 is 14.2 Å². The lowest BCUT2D eigenvalue weighted by Gasteiger charge is -2.28. The Labute approximate surface area is 126 Å². The molecule has 3 nitrogen and oxygen atoms in total. The maximum absolute atomic E-state index is 5.78. The summed E-state index contributed by atoms with van der Waals surface area (Å²) in [4.78, 5) is 0. The number of hydrogen-bond acceptors (Lipinski definition) is 3. The molecule has 1 unspecified atom stereocenters. The molecule has 0 aromatic carbocycles. The number of rotatable bonds is 15. The second-order valence-corrected chi connectivity index (χ2v) is 5.99. The zero-order chi connectivity index (χ0) is 15.1. The van der Waals surface area contributed by atoms with Crippen molar-refractivity contribution in [3.05, 3.63) is 0 Å². The van der Waals surface area contributed by atoms with Crippen LogP contribution in [0, 0.1) is 5.41 Å². The predicted molar refractivity (Wildman–Crippen MR) is 85.3 cm³/mol. The predicted octanol–water partition coefficient (Wildman–Crippen LogP) is 4.44. The lowest BCUT2D eigenvalue weighted by atomic mass is 9.83. The maximum atomic E-state index is 5.78. The van der Waals surface area contributed by atoms with Gasteiger partial charge in [-0.3, -0.25) is 0 Å². The van der Waals surface area contributed by atoms with Gasteiger partial charge in [0.25, 0.3) is 0 Å². The average molecular weight is 288 g/mol. The van der Waals surface area contributed by atoms with Crippen LogP contribution in [-0.2, 0) is 14.2 Å². The van der Waals surface area contributed by atoms with Crippen molar-refractivity contribution in [2.75, 3.05) is 40.1 Å². The number of methoxy groups -OCH3 is 1. The Morgan fingerprint density at radius 3 is 2.10 bits per heavy atom. The number of hydrogen-bond donors (Lipinski definition) is 0. The molecule has 0 aliphatic heterocycles. The molecular formula is C17H36O3. The van der Waals surface area contributed by atoms with E-state index in [0.717, 1.165) is 6.61 Å². The highest BCUT2D eigenvalue weighted by Gasteiger charge is 2.21. The molecule has 0 fully saturated rings. The fourth-order valence-corrected chi connectivity index (χ4v) is 2.19. The Bertz CT molecular complexity index is 197. The van der Waals surface area contributed by atoms with Crippen LogP contribution >= 0.6 is 0 Å². The van der Waals surface area contributed by atoms with Crippen molar-refractivity contribution in [1.29, 1.82) is 0 Å². The van der Waals surface area contributed by atoms with E-state index in [9.17, 15) is 0 Å². The van der Waals surface area contributed by atoms with E-state index >= 15 is 0 Å². The normalized spacial score (nSPS) is 14.4. The summed E-state index contributed by atoms with van der Waals surface area (Å²) in [5.41, 5.74) is 0.332. The molecule has 0 spiro atoms. The molecule has 0 saturated heterocycles. The Hall–Kier alpha value is -0.120. The maximum Gasteiger partial charge on any atom is 0.0701 e. The topological polar surface area (TPSA) is 27.7 Å². The first kappa shape index (κ1) is 19.9. The molecule has 0 bridgehead atoms. The lowest BCUT2D eigenvalue weighted by molar-refractivity contribution is -0.00503. The van der Waals surface area contributed by atoms with Gasteiger partial charge in [0.05, 0.1) is 33.0 Å². The third-order valence-corrected chi connectivity index (χ3v) is 3.99. The Balaban J connectivity index is 3.56. The van der Waals surface area contributed by atoms with Crippen molar-refractivity contribution in [2.45, 2.75) is 65.7 Å². The summed E-state index contributed by atoms with van der Waals surface area (Å²) < 4.78 is 16.1. The lowest BCUT2D eigenvalue weighted by Crippen LogP contribution is -2.24. The Kier molecular flexibility index (Phi) is 13.8. The van der Waals surface area contributed by atoms with E-state index in [0.29, 0.717) is 31.8 Å². The molecule has 122 valence electrons. The SMILES string of the molecule is CCCCCCCC(C)(CC)COCCOCCOC. The number of ether oxygens (including phenoxy) is 3. The van der Waals surface area contributed by atoms with Crippen LogP contribution in [0.15, 0.2) is 0 Å². The zero-order valence-electron chi connectivity index (χ0n) is 14.2. The van der Waals surface area contributed by atoms with Gasteiger partial charge in [0.2, 0.25) is 0 Å². The minimum absolute atomic E-state index is 0.332. The van der Waals surface area contributed by atoms with Gasteiger partial charge >= 0.3 is 0 Å². The van der Waals surface area contributed by atoms with Crippen LogP contribution in [0.2, 0.25) is 0 Å². The van der Waals surface area contributed by atoms with Crippen LogP contribution in [0.4, 0.5) is 0 Å². The summed E-state index contributed by atoms with van der Waals surface area (Å²) in [6, 6.07) is 0. The Morgan fingerprint density at radius 2 is 1.45 bits per heavy atom. The van der Waals surface area contributed by atoms with Crippen LogP contribution < -0.4 is 0 Å². The van der Waals surface area contributed by atoms with E-state index in [1.807, 2.05) is 0 Å². The summed E-state index contributed by atoms with van der Waals surface area (Å²) in [5, 5.41) is 0. The van der Waals surface area contributed by atoms with Crippen LogP contribution in [0.3, 0.4) is 0 Å². The van der Waals surface area contributed by atoms with E-state index < -0.39 is 0 Å². The second kappa shape index (κ2) is 13.8. The Morgan fingerprint density at radius 1 is 0.800 bits per heavy atom. The molecular weight excluding hydrogens is 252 g/mol. The smallest absolute Gasteiger partial charge is 0.0701 e. The van der Waals surface area contributed by atoms with Gasteiger partial charge in [0, 0.05) is 7.11 Å². The molecule has 0 saturated carbocycles. The molecule has 20 heavy (non-hydrogen) atoms. The second-order valence-electron chi connectivity index (χ2n) is 5.99. The molecule has 0 amide bonds. The van der Waals surface area contributed by atoms with E-state index in [1.165, 1.54) is 44.9 Å². The first-order chi connectivity index (χ1) is 9.68. The molecule has 1 atom stereocenters. The molecule has 0 aromatic rings. The number of unbranched alkanes of at least 4 members (excludes halogenated alkanes) is 4. The van der Waals surface area contributed by atoms with Crippen molar-refractivity contribution in [1.82, 2.24) is 0 Å². The summed E-state index contributed by atoms with van der Waals surface area (Å²) in [6.45, 7) is 10.4. The van der Waals surface area contributed by atoms with E-state index in [4.69, 9.17) is 14.2 Å². The van der Waals surface area contributed by atoms with Crippen molar-refractivity contribution >= 4 is 0 Å². The van der Waals surface area contributed by atoms with Crippen LogP contribution in [-0.4, -0.2) is 40.1 Å². The van der Waals surface area contributed by atoms with E-state index in [2.05, 4.69) is 20.8 Å². The van der Waals surface area contributed by atoms with Crippen molar-refractivity contribution in [3.63, 3.8) is 0 Å². The molecule has 3 heteroatoms. The van der Waals surface area contributed by atoms with Crippen LogP contribution in [0.5, 0.6) is 0 Å². The first-order valence-corrected chi connectivity index (χ1v) is 8.33. The highest BCUT2D eigenvalue weighted by molar-refractivity contribution is 4.72. The van der Waals surface area contributed by atoms with Gasteiger partial charge in [-0.25, -0.2) is 0 Å². The van der Waals surface area contributed by atoms with Crippen LogP contribution in [0.25, 0.3) is 0 Å². The third kappa shape index (κ3) is 11.7. The summed E-state index contributed by atoms with van der Waals surface area (Å²) in [7, 11) is 1.69. The van der Waals surface area contributed by atoms with Gasteiger partial charge in [-0.15, -0.1) is 0 Å². The van der Waals surface area contributed by atoms with Crippen LogP contribution in [0.1, 0.15) is 65.7 Å². The molecule has 0 N–H and O–H groups in total. The highest BCUT2D eigenvalue weighted by atomic mass is 16.5. The van der Waals surface area contributed by atoms with Gasteiger partial charge in [-0.2, -0.15) is 0 Å². The fraction of sp³-hybridized carbons (Fsp3) is 1.00. The van der Waals surface area contributed by atoms with Gasteiger partial charge in [-0.05, 0) is 18.3 Å². The van der Waals surface area contributed by atoms with Gasteiger partial charge in [-0.1, -0.05) is 52.9 Å². The summed E-state index contributed by atoms with van der Waals surface area (Å²) >= 11 is 0. The zero-order valence-corrected chi connectivity index (χ0v) is 14.2.